The van der Waals surface area contributed by atoms with Gasteiger partial charge in [-0.05, 0) is 0 Å². The molecule has 0 atom stereocenters. The van der Waals surface area contributed by atoms with Gasteiger partial charge >= 0.3 is 54.6 Å². The molecule has 0 aromatic rings. The van der Waals surface area contributed by atoms with E-state index in [9.17, 15) is 4.79 Å². The number of nitrogens with zero attached hydrogens (tertiary/aromatic N) is 1. The zero-order valence-corrected chi connectivity index (χ0v) is 7.89. The Labute approximate surface area is 61.8 Å². The number of rotatable bonds is 0. The Balaban J connectivity index is 0. The van der Waals surface area contributed by atoms with Crippen LogP contribution in [0.5, 0.6) is 0 Å². The summed E-state index contributed by atoms with van der Waals surface area (Å²) in [6.45, 7) is 1.48. The normalized spacial score (nSPS) is 7.14. The van der Waals surface area contributed by atoms with E-state index in [1.807, 2.05) is 0 Å². The quantitative estimate of drug-likeness (QED) is 0.483. The van der Waals surface area contributed by atoms with E-state index in [1.54, 1.807) is 0 Å². The van der Waals surface area contributed by atoms with Crippen molar-refractivity contribution in [2.24, 2.45) is 3.65 Å². The molecule has 0 aromatic heterocycles. The van der Waals surface area contributed by atoms with Crippen molar-refractivity contribution in [2.75, 3.05) is 0 Å². The molecule has 1 amide bonds. The molecule has 0 aliphatic rings. The third-order valence-electron chi connectivity index (χ3n) is 0.231. The summed E-state index contributed by atoms with van der Waals surface area (Å²) in [6.07, 6.45) is 0. The van der Waals surface area contributed by atoms with Crippen LogP contribution in [0.2, 0.25) is 0 Å². The topological polar surface area (TPSA) is 29.4 Å². The number of hydrogen-bond donors (Lipinski definition) is 0. The maximum atomic E-state index is 9.91. The van der Waals surface area contributed by atoms with Gasteiger partial charge in [-0.2, -0.15) is 0 Å². The van der Waals surface area contributed by atoms with E-state index >= 15 is 0 Å². The maximum absolute atomic E-state index is 9.91. The van der Waals surface area contributed by atoms with Crippen LogP contribution in [0.4, 0.5) is 0 Å². The molecule has 0 fully saturated rings. The molecular formula is C3H7GaINO. The molecule has 0 bridgehead atoms. The fourth-order valence-electron chi connectivity index (χ4n) is 0.0687. The Morgan fingerprint density at radius 3 is 2.29 bits per heavy atom. The molecule has 0 saturated carbocycles. The molecule has 0 aliphatic carbocycles. The first kappa shape index (κ1) is 10.8. The third-order valence-corrected chi connectivity index (χ3v) is 2.65. The minimum absolute atomic E-state index is 0. The summed E-state index contributed by atoms with van der Waals surface area (Å²) in [6, 6.07) is 0. The number of carbonyl (C=O) groups is 1. The van der Waals surface area contributed by atoms with Gasteiger partial charge in [-0.25, -0.2) is 0 Å². The van der Waals surface area contributed by atoms with Gasteiger partial charge < -0.3 is 0 Å². The summed E-state index contributed by atoms with van der Waals surface area (Å²) in [5.74, 6) is -0.0237. The van der Waals surface area contributed by atoms with Crippen LogP contribution in [0, 0.1) is 0 Å². The monoisotopic (exact) mass is 269 g/mol. The van der Waals surface area contributed by atoms with Gasteiger partial charge in [0.2, 0.25) is 0 Å². The molecule has 0 heterocycles. The van der Waals surface area contributed by atoms with Crippen molar-refractivity contribution in [1.29, 1.82) is 0 Å². The van der Waals surface area contributed by atoms with Crippen LogP contribution in [0.1, 0.15) is 14.4 Å². The molecular weight excluding hydrogens is 263 g/mol. The van der Waals surface area contributed by atoms with Crippen molar-refractivity contribution in [3.63, 3.8) is 0 Å². The molecule has 0 radical (unpaired) electrons. The van der Waals surface area contributed by atoms with Crippen LogP contribution >= 0.6 is 19.7 Å². The zero-order valence-electron chi connectivity index (χ0n) is 3.31. The van der Waals surface area contributed by atoms with Crippen LogP contribution < -0.4 is 0 Å². The predicted octanol–water partition coefficient (Wildman–Crippen LogP) is 1.41. The van der Waals surface area contributed by atoms with E-state index in [4.69, 9.17) is 0 Å². The zero-order chi connectivity index (χ0) is 4.99. The second-order valence-electron chi connectivity index (χ2n) is 0.746. The average Bonchev–Trinajstić information content (AvgIpc) is 1.35. The van der Waals surface area contributed by atoms with Crippen LogP contribution in [-0.2, 0) is 4.79 Å². The van der Waals surface area contributed by atoms with Gasteiger partial charge in [0.1, 0.15) is 0 Å². The Kier molecular flexibility index (Phi) is 10.5. The fourth-order valence-corrected chi connectivity index (χ4v) is 2.40. The minimum atomic E-state index is -0.509. The van der Waals surface area contributed by atoms with E-state index in [0.29, 0.717) is 0 Å². The molecule has 0 N–H and O–H groups in total. The van der Waals surface area contributed by atoms with Crippen molar-refractivity contribution in [3.8, 4) is 0 Å². The van der Waals surface area contributed by atoms with Gasteiger partial charge in [0.15, 0.2) is 0 Å². The number of halogens is 1. The van der Waals surface area contributed by atoms with Crippen LogP contribution in [0.15, 0.2) is 3.65 Å². The van der Waals surface area contributed by atoms with Gasteiger partial charge in [-0.3, -0.25) is 0 Å². The summed E-state index contributed by atoms with van der Waals surface area (Å²) in [4.78, 5) is 9.91. The first-order valence-corrected chi connectivity index (χ1v) is 9.88. The molecule has 0 saturated heterocycles. The molecule has 0 aromatic carbocycles. The van der Waals surface area contributed by atoms with Gasteiger partial charge in [-0.1, -0.05) is 7.43 Å². The second kappa shape index (κ2) is 6.84. The molecule has 40 valence electrons. The second-order valence-corrected chi connectivity index (χ2v) is 4.59. The Hall–Kier alpha value is 0.836. The average molecular weight is 270 g/mol. The SMILES string of the molecule is C.CC(=O)[N]=[Ga][I]. The van der Waals surface area contributed by atoms with E-state index in [0.717, 1.165) is 0 Å². The standard InChI is InChI=1S/C2H3NO.CH4.Ga.HI/c1-2(3)4;;;/h1H3;1H4;;1H/q;;+1;/p-1. The predicted molar refractivity (Wildman–Crippen MR) is 39.6 cm³/mol. The first-order chi connectivity index (χ1) is 2.77. The molecule has 4 heteroatoms. The van der Waals surface area contributed by atoms with Crippen LogP contribution in [0.3, 0.4) is 0 Å². The van der Waals surface area contributed by atoms with Crippen LogP contribution in [-0.4, -0.2) is 19.6 Å². The van der Waals surface area contributed by atoms with Crippen molar-refractivity contribution in [1.82, 2.24) is 0 Å². The number of carbonyl (C=O) groups excluding carboxylic acids is 1. The van der Waals surface area contributed by atoms with Crippen molar-refractivity contribution in [2.45, 2.75) is 14.4 Å². The molecule has 2 nitrogen and oxygen atoms in total. The van der Waals surface area contributed by atoms with Crippen molar-refractivity contribution >= 4 is 39.3 Å². The summed E-state index contributed by atoms with van der Waals surface area (Å²) >= 11 is 1.66. The molecule has 7 heavy (non-hydrogen) atoms. The molecule has 0 spiro atoms. The van der Waals surface area contributed by atoms with Gasteiger partial charge in [-0.15, -0.1) is 0 Å². The summed E-state index contributed by atoms with van der Waals surface area (Å²) in [5.41, 5.74) is 0. The third kappa shape index (κ3) is 10.9. The van der Waals surface area contributed by atoms with Crippen LogP contribution in [0.25, 0.3) is 0 Å². The summed E-state index contributed by atoms with van der Waals surface area (Å²) < 4.78 is 3.63. The Morgan fingerprint density at radius 2 is 2.29 bits per heavy atom. The van der Waals surface area contributed by atoms with E-state index in [2.05, 4.69) is 23.3 Å². The van der Waals surface area contributed by atoms with Crippen molar-refractivity contribution in [3.05, 3.63) is 0 Å². The van der Waals surface area contributed by atoms with E-state index < -0.39 is 13.7 Å². The summed E-state index contributed by atoms with van der Waals surface area (Å²) in [5, 5.41) is 0. The van der Waals surface area contributed by atoms with Gasteiger partial charge in [0, 0.05) is 0 Å². The van der Waals surface area contributed by atoms with Gasteiger partial charge in [0.05, 0.1) is 0 Å². The molecule has 0 aliphatic heterocycles. The fraction of sp³-hybridized carbons (Fsp3) is 0.667. The van der Waals surface area contributed by atoms with Gasteiger partial charge in [0.25, 0.3) is 0 Å². The molecule has 0 rings (SSSR count). The number of amides is 1. The number of hydrogen-bond acceptors (Lipinski definition) is 1. The van der Waals surface area contributed by atoms with E-state index in [-0.39, 0.29) is 13.3 Å². The Morgan fingerprint density at radius 1 is 1.86 bits per heavy atom. The molecule has 0 unspecified atom stereocenters. The van der Waals surface area contributed by atoms with Crippen molar-refractivity contribution < 1.29 is 4.79 Å². The van der Waals surface area contributed by atoms with E-state index in [1.165, 1.54) is 6.92 Å². The Bertz CT molecular complexity index is 83.0. The first-order valence-electron chi connectivity index (χ1n) is 1.40. The summed E-state index contributed by atoms with van der Waals surface area (Å²) in [7, 11) is 0.